The highest BCUT2D eigenvalue weighted by molar-refractivity contribution is 5.37. The van der Waals surface area contributed by atoms with Gasteiger partial charge in [-0.1, -0.05) is 38.8 Å². The standard InChI is InChI=1S/C16H24O/c1-12(2)15-9-8-13(3)16(10-15)17-11-14-6-4-5-7-14/h8-10,12,14H,4-7,11H2,1-3H3. The lowest BCUT2D eigenvalue weighted by atomic mass is 10.0. The Balaban J connectivity index is 2.00. The monoisotopic (exact) mass is 232 g/mol. The van der Waals surface area contributed by atoms with Gasteiger partial charge in [0.1, 0.15) is 5.75 Å². The van der Waals surface area contributed by atoms with Gasteiger partial charge in [0.15, 0.2) is 0 Å². The van der Waals surface area contributed by atoms with Crippen molar-refractivity contribution in [2.45, 2.75) is 52.4 Å². The van der Waals surface area contributed by atoms with Crippen LogP contribution in [0.4, 0.5) is 0 Å². The molecular weight excluding hydrogens is 208 g/mol. The molecule has 0 saturated heterocycles. The molecule has 17 heavy (non-hydrogen) atoms. The van der Waals surface area contributed by atoms with Crippen LogP contribution in [0.15, 0.2) is 18.2 Å². The predicted octanol–water partition coefficient (Wildman–Crippen LogP) is 4.69. The molecular formula is C16H24O. The summed E-state index contributed by atoms with van der Waals surface area (Å²) in [5, 5.41) is 0. The van der Waals surface area contributed by atoms with Crippen LogP contribution in [-0.2, 0) is 0 Å². The molecule has 0 atom stereocenters. The highest BCUT2D eigenvalue weighted by Gasteiger charge is 2.16. The second kappa shape index (κ2) is 5.57. The van der Waals surface area contributed by atoms with Crippen LogP contribution in [0.25, 0.3) is 0 Å². The number of benzene rings is 1. The first-order valence-corrected chi connectivity index (χ1v) is 6.90. The molecule has 0 amide bonds. The number of hydrogen-bond acceptors (Lipinski definition) is 1. The molecule has 1 aromatic rings. The van der Waals surface area contributed by atoms with Crippen LogP contribution in [0.5, 0.6) is 5.75 Å². The van der Waals surface area contributed by atoms with Gasteiger partial charge in [-0.25, -0.2) is 0 Å². The van der Waals surface area contributed by atoms with Crippen LogP contribution in [0.2, 0.25) is 0 Å². The third-order valence-corrected chi connectivity index (χ3v) is 3.83. The summed E-state index contributed by atoms with van der Waals surface area (Å²) in [5.74, 6) is 2.45. The molecule has 1 heteroatoms. The van der Waals surface area contributed by atoms with E-state index in [1.54, 1.807) is 0 Å². The third kappa shape index (κ3) is 3.24. The minimum absolute atomic E-state index is 0.574. The highest BCUT2D eigenvalue weighted by atomic mass is 16.5. The molecule has 2 rings (SSSR count). The summed E-state index contributed by atoms with van der Waals surface area (Å²) in [4.78, 5) is 0. The van der Waals surface area contributed by atoms with Gasteiger partial charge in [-0.05, 0) is 48.8 Å². The summed E-state index contributed by atoms with van der Waals surface area (Å²) >= 11 is 0. The number of hydrogen-bond donors (Lipinski definition) is 0. The summed E-state index contributed by atoms with van der Waals surface area (Å²) < 4.78 is 6.01. The van der Waals surface area contributed by atoms with Crippen molar-refractivity contribution in [3.8, 4) is 5.75 Å². The fourth-order valence-corrected chi connectivity index (χ4v) is 2.52. The molecule has 1 aliphatic rings. The Morgan fingerprint density at radius 2 is 1.94 bits per heavy atom. The van der Waals surface area contributed by atoms with Crippen LogP contribution >= 0.6 is 0 Å². The maximum atomic E-state index is 6.01. The highest BCUT2D eigenvalue weighted by Crippen LogP contribution is 2.28. The quantitative estimate of drug-likeness (QED) is 0.732. The van der Waals surface area contributed by atoms with E-state index in [1.807, 2.05) is 0 Å². The van der Waals surface area contributed by atoms with Gasteiger partial charge in [-0.15, -0.1) is 0 Å². The van der Waals surface area contributed by atoms with Crippen molar-refractivity contribution in [3.05, 3.63) is 29.3 Å². The minimum atomic E-state index is 0.574. The lowest BCUT2D eigenvalue weighted by Gasteiger charge is -2.15. The Hall–Kier alpha value is -0.980. The van der Waals surface area contributed by atoms with E-state index < -0.39 is 0 Å². The molecule has 94 valence electrons. The zero-order valence-corrected chi connectivity index (χ0v) is 11.3. The minimum Gasteiger partial charge on any atom is -0.493 e. The average Bonchev–Trinajstić information content (AvgIpc) is 2.80. The van der Waals surface area contributed by atoms with E-state index >= 15 is 0 Å². The van der Waals surface area contributed by atoms with Crippen LogP contribution < -0.4 is 4.74 Å². The van der Waals surface area contributed by atoms with E-state index in [0.717, 1.165) is 18.3 Å². The average molecular weight is 232 g/mol. The number of rotatable bonds is 4. The second-order valence-electron chi connectivity index (χ2n) is 5.64. The first-order chi connectivity index (χ1) is 8.16. The summed E-state index contributed by atoms with van der Waals surface area (Å²) in [6, 6.07) is 6.61. The van der Waals surface area contributed by atoms with Gasteiger partial charge in [-0.2, -0.15) is 0 Å². The van der Waals surface area contributed by atoms with Crippen LogP contribution in [0, 0.1) is 12.8 Å². The fraction of sp³-hybridized carbons (Fsp3) is 0.625. The van der Waals surface area contributed by atoms with Gasteiger partial charge in [0, 0.05) is 0 Å². The van der Waals surface area contributed by atoms with Gasteiger partial charge in [0.2, 0.25) is 0 Å². The summed E-state index contributed by atoms with van der Waals surface area (Å²) in [7, 11) is 0. The van der Waals surface area contributed by atoms with Gasteiger partial charge in [0.25, 0.3) is 0 Å². The van der Waals surface area contributed by atoms with Crippen molar-refractivity contribution >= 4 is 0 Å². The van der Waals surface area contributed by atoms with Crippen molar-refractivity contribution in [3.63, 3.8) is 0 Å². The third-order valence-electron chi connectivity index (χ3n) is 3.83. The Kier molecular flexibility index (Phi) is 4.09. The second-order valence-corrected chi connectivity index (χ2v) is 5.64. The zero-order chi connectivity index (χ0) is 12.3. The molecule has 0 bridgehead atoms. The van der Waals surface area contributed by atoms with Crippen molar-refractivity contribution in [1.29, 1.82) is 0 Å². The number of aryl methyl sites for hydroxylation is 1. The molecule has 1 nitrogen and oxygen atoms in total. The molecule has 0 N–H and O–H groups in total. The van der Waals surface area contributed by atoms with E-state index in [9.17, 15) is 0 Å². The molecule has 0 spiro atoms. The smallest absolute Gasteiger partial charge is 0.122 e. The van der Waals surface area contributed by atoms with E-state index in [1.165, 1.54) is 36.8 Å². The molecule has 1 fully saturated rings. The maximum Gasteiger partial charge on any atom is 0.122 e. The molecule has 0 unspecified atom stereocenters. The van der Waals surface area contributed by atoms with E-state index in [0.29, 0.717) is 5.92 Å². The normalized spacial score (nSPS) is 16.7. The largest absolute Gasteiger partial charge is 0.493 e. The molecule has 0 heterocycles. The van der Waals surface area contributed by atoms with Crippen molar-refractivity contribution < 1.29 is 4.74 Å². The Morgan fingerprint density at radius 1 is 1.24 bits per heavy atom. The van der Waals surface area contributed by atoms with Crippen molar-refractivity contribution in [2.24, 2.45) is 5.92 Å². The van der Waals surface area contributed by atoms with Crippen molar-refractivity contribution in [2.75, 3.05) is 6.61 Å². The number of ether oxygens (including phenoxy) is 1. The molecule has 1 aliphatic carbocycles. The molecule has 1 aromatic carbocycles. The van der Waals surface area contributed by atoms with E-state index in [2.05, 4.69) is 39.0 Å². The predicted molar refractivity (Wildman–Crippen MR) is 72.7 cm³/mol. The SMILES string of the molecule is Cc1ccc(C(C)C)cc1OCC1CCCC1. The molecule has 1 saturated carbocycles. The first-order valence-electron chi connectivity index (χ1n) is 6.90. The van der Waals surface area contributed by atoms with E-state index in [4.69, 9.17) is 4.74 Å². The molecule has 0 radical (unpaired) electrons. The maximum absolute atomic E-state index is 6.01. The lowest BCUT2D eigenvalue weighted by Crippen LogP contribution is -2.09. The fourth-order valence-electron chi connectivity index (χ4n) is 2.52. The first kappa shape index (κ1) is 12.5. The Labute approximate surface area is 105 Å². The zero-order valence-electron chi connectivity index (χ0n) is 11.3. The van der Waals surface area contributed by atoms with Gasteiger partial charge >= 0.3 is 0 Å². The topological polar surface area (TPSA) is 9.23 Å². The summed E-state index contributed by atoms with van der Waals surface area (Å²) in [5.41, 5.74) is 2.63. The molecule has 0 aliphatic heterocycles. The van der Waals surface area contributed by atoms with Crippen LogP contribution in [0.3, 0.4) is 0 Å². The van der Waals surface area contributed by atoms with Crippen LogP contribution in [0.1, 0.15) is 56.6 Å². The summed E-state index contributed by atoms with van der Waals surface area (Å²) in [6.07, 6.45) is 5.48. The Morgan fingerprint density at radius 3 is 2.59 bits per heavy atom. The Bertz CT molecular complexity index is 362. The van der Waals surface area contributed by atoms with Gasteiger partial charge < -0.3 is 4.74 Å². The lowest BCUT2D eigenvalue weighted by molar-refractivity contribution is 0.250. The van der Waals surface area contributed by atoms with E-state index in [-0.39, 0.29) is 0 Å². The molecule has 0 aromatic heterocycles. The van der Waals surface area contributed by atoms with Gasteiger partial charge in [0.05, 0.1) is 6.61 Å². The van der Waals surface area contributed by atoms with Crippen molar-refractivity contribution in [1.82, 2.24) is 0 Å². The summed E-state index contributed by atoms with van der Waals surface area (Å²) in [6.45, 7) is 7.49. The van der Waals surface area contributed by atoms with Gasteiger partial charge in [-0.3, -0.25) is 0 Å². The van der Waals surface area contributed by atoms with Crippen LogP contribution in [-0.4, -0.2) is 6.61 Å².